The van der Waals surface area contributed by atoms with E-state index >= 15 is 0 Å². The molecule has 0 aliphatic carbocycles. The monoisotopic (exact) mass is 540 g/mol. The fraction of sp³-hybridized carbons (Fsp3) is 0. The Morgan fingerprint density at radius 1 is 0.667 bits per heavy atom. The van der Waals surface area contributed by atoms with Crippen molar-refractivity contribution in [3.05, 3.63) is 0 Å². The normalized spacial score (nSPS) is 3.33. The SMILES string of the molecule is [F][Th][F].[F][Th][F]. The molecule has 0 aliphatic heterocycles. The van der Waals surface area contributed by atoms with Crippen molar-refractivity contribution in [3.63, 3.8) is 0 Å². The number of hydrogen-bond acceptors (Lipinski definition) is 0. The van der Waals surface area contributed by atoms with E-state index in [2.05, 4.69) is 0 Å². The van der Waals surface area contributed by atoms with Crippen LogP contribution in [0.3, 0.4) is 0 Å². The van der Waals surface area contributed by atoms with Gasteiger partial charge in [0.25, 0.3) is 0 Å². The van der Waals surface area contributed by atoms with Crippen molar-refractivity contribution in [1.29, 1.82) is 0 Å². The third kappa shape index (κ3) is 32.7. The molecule has 0 rings (SSSR count). The molecule has 0 nitrogen and oxygen atoms in total. The molecule has 0 atom stereocenters. The predicted octanol–water partition coefficient (Wildman–Crippen LogP) is 1.68. The van der Waals surface area contributed by atoms with Crippen LogP contribution in [0.4, 0.5) is 4.46 Å². The van der Waals surface area contributed by atoms with Gasteiger partial charge in [0.05, 0.1) is 0 Å². The molecular weight excluding hydrogens is 540 g/mol. The van der Waals surface area contributed by atoms with Crippen molar-refractivity contribution < 1.29 is 79.4 Å². The molecule has 0 aliphatic rings. The fourth-order valence-electron chi connectivity index (χ4n) is 0. The van der Waals surface area contributed by atoms with Crippen LogP contribution < -0.4 is 0 Å². The molecule has 0 saturated carbocycles. The van der Waals surface area contributed by atoms with Gasteiger partial charge in [-0.05, 0) is 0 Å². The Labute approximate surface area is 77.4 Å². The van der Waals surface area contributed by atoms with Gasteiger partial charge in [-0.15, -0.1) is 0 Å². The molecule has 0 heterocycles. The first-order valence-corrected chi connectivity index (χ1v) is 6.97. The van der Waals surface area contributed by atoms with Crippen LogP contribution in [0.2, 0.25) is 0 Å². The van der Waals surface area contributed by atoms with Gasteiger partial charge in [-0.1, -0.05) is 0 Å². The topological polar surface area (TPSA) is 0 Å². The summed E-state index contributed by atoms with van der Waals surface area (Å²) >= 11 is -6.01. The Balaban J connectivity index is 0. The molecule has 0 aromatic rings. The molecule has 36 valence electrons. The molecule has 6 heavy (non-hydrogen) atoms. The average Bonchev–Trinajstić information content (AvgIpc) is 1.39. The molecule has 0 aromatic heterocycles. The summed E-state index contributed by atoms with van der Waals surface area (Å²) in [4.78, 5) is 0. The zero-order valence-electron chi connectivity index (χ0n) is 2.51. The Bertz CT molecular complexity index is 7.51. The Morgan fingerprint density at radius 3 is 0.667 bits per heavy atom. The molecule has 0 amide bonds. The van der Waals surface area contributed by atoms with Gasteiger partial charge in [-0.25, -0.2) is 0 Å². The summed E-state index contributed by atoms with van der Waals surface area (Å²) < 4.78 is 39.3. The van der Waals surface area contributed by atoms with Crippen LogP contribution in [0.1, 0.15) is 0 Å². The van der Waals surface area contributed by atoms with Crippen molar-refractivity contribution in [2.45, 2.75) is 0 Å². The molecule has 0 bridgehead atoms. The van der Waals surface area contributed by atoms with Crippen LogP contribution in [0.15, 0.2) is 0 Å². The van der Waals surface area contributed by atoms with E-state index in [9.17, 15) is 4.46 Å². The zero-order chi connectivity index (χ0) is 5.41. The van der Waals surface area contributed by atoms with Crippen molar-refractivity contribution >= 4 is 0 Å². The number of rotatable bonds is 0. The maximum absolute atomic E-state index is 9.83. The second kappa shape index (κ2) is 15.7. The predicted molar refractivity (Wildman–Crippen MR) is 4.43 cm³/mol. The van der Waals surface area contributed by atoms with Crippen molar-refractivity contribution in [2.75, 3.05) is 0 Å². The summed E-state index contributed by atoms with van der Waals surface area (Å²) in [7, 11) is 0. The van der Waals surface area contributed by atoms with Gasteiger partial charge < -0.3 is 0 Å². The average molecular weight is 540 g/mol. The van der Waals surface area contributed by atoms with E-state index in [1.807, 2.05) is 0 Å². The van der Waals surface area contributed by atoms with Crippen LogP contribution in [0, 0.1) is 75.0 Å². The first-order valence-electron chi connectivity index (χ1n) is 0.756. The Kier molecular flexibility index (Phi) is 29.2. The second-order valence-corrected chi connectivity index (χ2v) is 1.32. The van der Waals surface area contributed by atoms with Gasteiger partial charge >= 0.3 is 79.4 Å². The van der Waals surface area contributed by atoms with Crippen LogP contribution in [-0.4, -0.2) is 0 Å². The van der Waals surface area contributed by atoms with Crippen molar-refractivity contribution in [2.24, 2.45) is 0 Å². The second-order valence-electron chi connectivity index (χ2n) is 0.143. The van der Waals surface area contributed by atoms with Gasteiger partial charge in [0, 0.05) is 0 Å². The molecule has 0 spiro atoms. The van der Waals surface area contributed by atoms with Crippen molar-refractivity contribution in [3.8, 4) is 0 Å². The number of hydrogen-bond donors (Lipinski definition) is 0. The fourth-order valence-corrected chi connectivity index (χ4v) is 0. The molecule has 0 N–H and O–H groups in total. The summed E-state index contributed by atoms with van der Waals surface area (Å²) in [5.41, 5.74) is 0. The molecule has 0 aromatic carbocycles. The Morgan fingerprint density at radius 2 is 0.667 bits per heavy atom. The van der Waals surface area contributed by atoms with Gasteiger partial charge in [-0.3, -0.25) is 0 Å². The quantitative estimate of drug-likeness (QED) is 0.411. The van der Waals surface area contributed by atoms with Crippen LogP contribution in [0.25, 0.3) is 0 Å². The molecule has 6 heteroatoms. The van der Waals surface area contributed by atoms with E-state index in [-0.39, 0.29) is 0 Å². The third-order valence-electron chi connectivity index (χ3n) is 0. The molecular formula is F4Th2. The van der Waals surface area contributed by atoms with E-state index in [4.69, 9.17) is 0 Å². The minimum atomic E-state index is -3.01. The van der Waals surface area contributed by atoms with E-state index in [0.717, 1.165) is 0 Å². The first kappa shape index (κ1) is 11.2. The van der Waals surface area contributed by atoms with E-state index in [1.54, 1.807) is 0 Å². The van der Waals surface area contributed by atoms with E-state index in [0.29, 0.717) is 0 Å². The van der Waals surface area contributed by atoms with Gasteiger partial charge in [0.1, 0.15) is 0 Å². The molecule has 0 fully saturated rings. The summed E-state index contributed by atoms with van der Waals surface area (Å²) in [6.45, 7) is 0. The van der Waals surface area contributed by atoms with Crippen LogP contribution in [0.5, 0.6) is 0 Å². The summed E-state index contributed by atoms with van der Waals surface area (Å²) in [5.74, 6) is 0. The van der Waals surface area contributed by atoms with Gasteiger partial charge in [0.2, 0.25) is 0 Å². The van der Waals surface area contributed by atoms with E-state index < -0.39 is 75.0 Å². The van der Waals surface area contributed by atoms with E-state index in [1.165, 1.54) is 0 Å². The third-order valence-corrected chi connectivity index (χ3v) is 0. The van der Waals surface area contributed by atoms with Crippen LogP contribution >= 0.6 is 0 Å². The molecule has 0 saturated heterocycles. The molecule has 0 radical (unpaired) electrons. The standard InChI is InChI=1S/4FH.2Th/h4*1H;;/q;;;;2*+2/p-4. The Hall–Kier alpha value is 2.37. The first-order chi connectivity index (χ1) is 2.83. The zero-order valence-corrected chi connectivity index (χ0v) is 10.7. The molecule has 0 unspecified atom stereocenters. The van der Waals surface area contributed by atoms with Gasteiger partial charge in [0.15, 0.2) is 0 Å². The summed E-state index contributed by atoms with van der Waals surface area (Å²) in [6.07, 6.45) is 0. The van der Waals surface area contributed by atoms with Crippen molar-refractivity contribution in [1.82, 2.24) is 0 Å². The van der Waals surface area contributed by atoms with Crippen LogP contribution in [-0.2, 0) is 0 Å². The minimum absolute atomic E-state index is 3.01. The summed E-state index contributed by atoms with van der Waals surface area (Å²) in [6, 6.07) is 0. The summed E-state index contributed by atoms with van der Waals surface area (Å²) in [5, 5.41) is 0. The number of halogens is 4. The van der Waals surface area contributed by atoms with Gasteiger partial charge in [-0.2, -0.15) is 0 Å². The maximum atomic E-state index is 9.83.